The van der Waals surface area contributed by atoms with E-state index in [1.54, 1.807) is 6.08 Å². The molecule has 0 spiro atoms. The minimum atomic E-state index is -0.343. The van der Waals surface area contributed by atoms with E-state index in [2.05, 4.69) is 6.92 Å². The van der Waals surface area contributed by atoms with Crippen LogP contribution in [0.15, 0.2) is 11.6 Å². The molecule has 0 aromatic rings. The van der Waals surface area contributed by atoms with E-state index in [-0.39, 0.29) is 6.10 Å². The fourth-order valence-electron chi connectivity index (χ4n) is 1.14. The summed E-state index contributed by atoms with van der Waals surface area (Å²) in [5, 5.41) is 9.23. The van der Waals surface area contributed by atoms with Gasteiger partial charge in [0.1, 0.15) is 0 Å². The van der Waals surface area contributed by atoms with E-state index < -0.39 is 0 Å². The van der Waals surface area contributed by atoms with E-state index >= 15 is 0 Å². The maximum absolute atomic E-state index is 9.23. The van der Waals surface area contributed by atoms with E-state index in [1.165, 1.54) is 31.2 Å². The molecule has 0 heterocycles. The van der Waals surface area contributed by atoms with Gasteiger partial charge in [-0.15, -0.1) is 0 Å². The molecule has 0 amide bonds. The average molecular weight is 191 g/mol. The molecule has 0 aliphatic rings. The quantitative estimate of drug-likeness (QED) is 0.610. The average Bonchev–Trinajstić information content (AvgIpc) is 2.05. The topological polar surface area (TPSA) is 20.2 Å². The lowest BCUT2D eigenvalue weighted by molar-refractivity contribution is 0.208. The van der Waals surface area contributed by atoms with Gasteiger partial charge in [0.15, 0.2) is 0 Å². The van der Waals surface area contributed by atoms with Crippen LogP contribution in [0.5, 0.6) is 0 Å². The largest absolute Gasteiger partial charge is 0.389 e. The van der Waals surface area contributed by atoms with Gasteiger partial charge in [0.2, 0.25) is 0 Å². The molecule has 72 valence electrons. The minimum Gasteiger partial charge on any atom is -0.389 e. The van der Waals surface area contributed by atoms with Crippen molar-refractivity contribution in [3.05, 3.63) is 11.6 Å². The monoisotopic (exact) mass is 190 g/mol. The Morgan fingerprint density at radius 2 is 1.92 bits per heavy atom. The van der Waals surface area contributed by atoms with Crippen LogP contribution >= 0.6 is 11.6 Å². The second-order valence-electron chi connectivity index (χ2n) is 3.09. The highest BCUT2D eigenvalue weighted by molar-refractivity contribution is 6.25. The van der Waals surface area contributed by atoms with Crippen molar-refractivity contribution in [1.82, 2.24) is 0 Å². The van der Waals surface area contributed by atoms with Crippen molar-refractivity contribution in [3.8, 4) is 0 Å². The second-order valence-corrected chi connectivity index (χ2v) is 3.34. The molecule has 12 heavy (non-hydrogen) atoms. The van der Waals surface area contributed by atoms with Crippen LogP contribution in [0.25, 0.3) is 0 Å². The van der Waals surface area contributed by atoms with Crippen molar-refractivity contribution in [3.63, 3.8) is 0 Å². The number of aliphatic hydroxyl groups excluding tert-OH is 1. The van der Waals surface area contributed by atoms with Gasteiger partial charge in [-0.2, -0.15) is 0 Å². The third-order valence-electron chi connectivity index (χ3n) is 1.90. The number of aliphatic hydroxyl groups is 1. The van der Waals surface area contributed by atoms with Crippen LogP contribution in [0.2, 0.25) is 0 Å². The Morgan fingerprint density at radius 3 is 2.50 bits per heavy atom. The van der Waals surface area contributed by atoms with E-state index in [9.17, 15) is 5.11 Å². The maximum atomic E-state index is 9.23. The van der Waals surface area contributed by atoms with Gasteiger partial charge in [-0.1, -0.05) is 50.6 Å². The lowest BCUT2D eigenvalue weighted by atomic mass is 10.1. The Balaban J connectivity index is 3.08. The number of hydrogen-bond acceptors (Lipinski definition) is 1. The van der Waals surface area contributed by atoms with Gasteiger partial charge >= 0.3 is 0 Å². The Labute approximate surface area is 80.4 Å². The second kappa shape index (κ2) is 9.08. The van der Waals surface area contributed by atoms with Crippen LogP contribution in [0.3, 0.4) is 0 Å². The van der Waals surface area contributed by atoms with Gasteiger partial charge in [-0.25, -0.2) is 0 Å². The molecular formula is C10H19ClO. The highest BCUT2D eigenvalue weighted by Crippen LogP contribution is 2.07. The zero-order valence-electron chi connectivity index (χ0n) is 7.80. The van der Waals surface area contributed by atoms with E-state index in [4.69, 9.17) is 11.6 Å². The van der Waals surface area contributed by atoms with E-state index in [0.29, 0.717) is 0 Å². The summed E-state index contributed by atoms with van der Waals surface area (Å²) < 4.78 is 0. The highest BCUT2D eigenvalue weighted by Gasteiger charge is 1.97. The van der Waals surface area contributed by atoms with Gasteiger partial charge < -0.3 is 5.11 Å². The SMILES string of the molecule is CCCCCCCC(O)/C=C/Cl. The summed E-state index contributed by atoms with van der Waals surface area (Å²) in [5.74, 6) is 0. The molecule has 1 nitrogen and oxygen atoms in total. The van der Waals surface area contributed by atoms with Gasteiger partial charge in [0, 0.05) is 5.54 Å². The molecule has 0 rings (SSSR count). The predicted molar refractivity (Wildman–Crippen MR) is 54.4 cm³/mol. The molecular weight excluding hydrogens is 172 g/mol. The zero-order chi connectivity index (χ0) is 9.23. The smallest absolute Gasteiger partial charge is 0.0732 e. The van der Waals surface area contributed by atoms with Crippen molar-refractivity contribution >= 4 is 11.6 Å². The number of hydrogen-bond donors (Lipinski definition) is 1. The summed E-state index contributed by atoms with van der Waals surface area (Å²) in [4.78, 5) is 0. The van der Waals surface area contributed by atoms with Crippen LogP contribution in [0.1, 0.15) is 45.4 Å². The molecule has 0 bridgehead atoms. The summed E-state index contributed by atoms with van der Waals surface area (Å²) in [6, 6.07) is 0. The lowest BCUT2D eigenvalue weighted by Crippen LogP contribution is -2.00. The normalized spacial score (nSPS) is 13.9. The number of halogens is 1. The van der Waals surface area contributed by atoms with Crippen LogP contribution in [0.4, 0.5) is 0 Å². The Morgan fingerprint density at radius 1 is 1.25 bits per heavy atom. The maximum Gasteiger partial charge on any atom is 0.0732 e. The summed E-state index contributed by atoms with van der Waals surface area (Å²) in [6.45, 7) is 2.20. The molecule has 0 aliphatic heterocycles. The van der Waals surface area contributed by atoms with Crippen LogP contribution in [-0.2, 0) is 0 Å². The van der Waals surface area contributed by atoms with Crippen molar-refractivity contribution in [2.24, 2.45) is 0 Å². The molecule has 1 N–H and O–H groups in total. The van der Waals surface area contributed by atoms with Gasteiger partial charge in [-0.3, -0.25) is 0 Å². The molecule has 0 aliphatic carbocycles. The van der Waals surface area contributed by atoms with Crippen molar-refractivity contribution in [2.45, 2.75) is 51.6 Å². The zero-order valence-corrected chi connectivity index (χ0v) is 8.56. The summed E-state index contributed by atoms with van der Waals surface area (Å²) in [5.41, 5.74) is 1.39. The van der Waals surface area contributed by atoms with Crippen molar-refractivity contribution in [2.75, 3.05) is 0 Å². The first-order chi connectivity index (χ1) is 5.81. The molecule has 1 atom stereocenters. The van der Waals surface area contributed by atoms with Crippen molar-refractivity contribution in [1.29, 1.82) is 0 Å². The van der Waals surface area contributed by atoms with Gasteiger partial charge in [0.05, 0.1) is 6.10 Å². The fraction of sp³-hybridized carbons (Fsp3) is 0.800. The first kappa shape index (κ1) is 12.0. The molecule has 0 radical (unpaired) electrons. The van der Waals surface area contributed by atoms with Crippen molar-refractivity contribution < 1.29 is 5.11 Å². The molecule has 0 aromatic heterocycles. The Hall–Kier alpha value is -0.0100. The lowest BCUT2D eigenvalue weighted by Gasteiger charge is -2.03. The molecule has 2 heteroatoms. The summed E-state index contributed by atoms with van der Waals surface area (Å²) in [6.07, 6.45) is 8.31. The third-order valence-corrected chi connectivity index (χ3v) is 2.04. The molecule has 0 aromatic carbocycles. The van der Waals surface area contributed by atoms with Gasteiger partial charge in [0.25, 0.3) is 0 Å². The highest BCUT2D eigenvalue weighted by atomic mass is 35.5. The van der Waals surface area contributed by atoms with Crippen LogP contribution < -0.4 is 0 Å². The van der Waals surface area contributed by atoms with Crippen LogP contribution in [-0.4, -0.2) is 11.2 Å². The first-order valence-electron chi connectivity index (χ1n) is 4.76. The number of unbranched alkanes of at least 4 members (excludes halogenated alkanes) is 4. The molecule has 0 saturated carbocycles. The predicted octanol–water partition coefficient (Wildman–Crippen LogP) is 3.46. The minimum absolute atomic E-state index is 0.343. The standard InChI is InChI=1S/C10H19ClO/c1-2-3-4-5-6-7-10(12)8-9-11/h8-10,12H,2-7H2,1H3/b9-8+. The molecule has 0 saturated heterocycles. The summed E-state index contributed by atoms with van der Waals surface area (Å²) >= 11 is 5.32. The molecule has 0 fully saturated rings. The third kappa shape index (κ3) is 8.09. The first-order valence-corrected chi connectivity index (χ1v) is 5.19. The Bertz CT molecular complexity index is 112. The van der Waals surface area contributed by atoms with Crippen LogP contribution in [0, 0.1) is 0 Å². The molecule has 1 unspecified atom stereocenters. The number of rotatable bonds is 7. The Kier molecular flexibility index (Phi) is 9.07. The van der Waals surface area contributed by atoms with Gasteiger partial charge in [-0.05, 0) is 12.5 Å². The van der Waals surface area contributed by atoms with E-state index in [0.717, 1.165) is 12.8 Å². The van der Waals surface area contributed by atoms with E-state index in [1.807, 2.05) is 0 Å². The summed E-state index contributed by atoms with van der Waals surface area (Å²) in [7, 11) is 0. The fourth-order valence-corrected chi connectivity index (χ4v) is 1.31.